The summed E-state index contributed by atoms with van der Waals surface area (Å²) >= 11 is 3.37. The number of halogens is 1. The van der Waals surface area contributed by atoms with Gasteiger partial charge in [-0.05, 0) is 49.7 Å². The fourth-order valence-electron chi connectivity index (χ4n) is 1.82. The Kier molecular flexibility index (Phi) is 3.90. The minimum Gasteiger partial charge on any atom is -0.508 e. The van der Waals surface area contributed by atoms with E-state index < -0.39 is 0 Å². The maximum atomic E-state index is 12.2. The normalized spacial score (nSPS) is 10.3. The second kappa shape index (κ2) is 5.45. The lowest BCUT2D eigenvalue weighted by Gasteiger charge is -2.10. The van der Waals surface area contributed by atoms with Crippen molar-refractivity contribution in [2.75, 3.05) is 5.32 Å². The van der Waals surface area contributed by atoms with Crippen molar-refractivity contribution in [3.63, 3.8) is 0 Å². The van der Waals surface area contributed by atoms with Crippen LogP contribution in [0.3, 0.4) is 0 Å². The van der Waals surface area contributed by atoms with E-state index in [0.717, 1.165) is 10.0 Å². The van der Waals surface area contributed by atoms with Crippen molar-refractivity contribution < 1.29 is 9.90 Å². The lowest BCUT2D eigenvalue weighted by molar-refractivity contribution is 0.102. The molecule has 1 amide bonds. The number of carbonyl (C=O) groups is 1. The number of rotatable bonds is 2. The van der Waals surface area contributed by atoms with Gasteiger partial charge < -0.3 is 10.4 Å². The summed E-state index contributed by atoms with van der Waals surface area (Å²) in [5.41, 5.74) is 2.85. The summed E-state index contributed by atoms with van der Waals surface area (Å²) in [7, 11) is 0. The Hall–Kier alpha value is -1.81. The first kappa shape index (κ1) is 13.6. The van der Waals surface area contributed by atoms with Crippen LogP contribution in [0.1, 0.15) is 21.5 Å². The summed E-state index contributed by atoms with van der Waals surface area (Å²) in [5.74, 6) is -0.0266. The van der Waals surface area contributed by atoms with Crippen molar-refractivity contribution in [1.29, 1.82) is 0 Å². The van der Waals surface area contributed by atoms with E-state index in [2.05, 4.69) is 21.2 Å². The third-order valence-electron chi connectivity index (χ3n) is 2.86. The third-order valence-corrected chi connectivity index (χ3v) is 3.32. The summed E-state index contributed by atoms with van der Waals surface area (Å²) in [6.07, 6.45) is 0. The second-order valence-electron chi connectivity index (χ2n) is 4.42. The molecule has 0 saturated carbocycles. The molecule has 0 fully saturated rings. The summed E-state index contributed by atoms with van der Waals surface area (Å²) < 4.78 is 0.866. The van der Waals surface area contributed by atoms with Crippen LogP contribution in [0.2, 0.25) is 0 Å². The fourth-order valence-corrected chi connectivity index (χ4v) is 2.43. The van der Waals surface area contributed by atoms with Gasteiger partial charge in [0.1, 0.15) is 5.75 Å². The summed E-state index contributed by atoms with van der Waals surface area (Å²) in [5, 5.41) is 12.4. The zero-order chi connectivity index (χ0) is 14.0. The van der Waals surface area contributed by atoms with Crippen LogP contribution in [0.5, 0.6) is 5.75 Å². The van der Waals surface area contributed by atoms with Gasteiger partial charge in [0.2, 0.25) is 0 Å². The molecule has 0 aliphatic rings. The Morgan fingerprint density at radius 3 is 2.63 bits per heavy atom. The number of amides is 1. The first-order valence-electron chi connectivity index (χ1n) is 5.84. The highest BCUT2D eigenvalue weighted by atomic mass is 79.9. The molecular formula is C15H14BrNO2. The Morgan fingerprint density at radius 1 is 1.21 bits per heavy atom. The number of benzene rings is 2. The molecule has 4 heteroatoms. The van der Waals surface area contributed by atoms with Gasteiger partial charge in [-0.2, -0.15) is 0 Å². The minimum atomic E-state index is -0.196. The van der Waals surface area contributed by atoms with Crippen LogP contribution in [0.4, 0.5) is 5.69 Å². The van der Waals surface area contributed by atoms with Crippen molar-refractivity contribution in [2.45, 2.75) is 13.8 Å². The molecule has 0 bridgehead atoms. The van der Waals surface area contributed by atoms with E-state index in [1.165, 1.54) is 0 Å². The molecule has 0 spiro atoms. The Bertz CT molecular complexity index is 618. The Morgan fingerprint density at radius 2 is 1.95 bits per heavy atom. The van der Waals surface area contributed by atoms with E-state index >= 15 is 0 Å². The molecule has 2 rings (SSSR count). The number of aromatic hydroxyl groups is 1. The quantitative estimate of drug-likeness (QED) is 0.878. The average molecular weight is 320 g/mol. The average Bonchev–Trinajstić information content (AvgIpc) is 2.33. The topological polar surface area (TPSA) is 49.3 Å². The highest BCUT2D eigenvalue weighted by Gasteiger charge is 2.10. The number of nitrogens with one attached hydrogen (secondary N) is 1. The molecule has 2 aromatic carbocycles. The van der Waals surface area contributed by atoms with Gasteiger partial charge in [0, 0.05) is 21.3 Å². The predicted molar refractivity (Wildman–Crippen MR) is 79.7 cm³/mol. The smallest absolute Gasteiger partial charge is 0.255 e. The summed E-state index contributed by atoms with van der Waals surface area (Å²) in [6.45, 7) is 3.69. The molecule has 98 valence electrons. The lowest BCUT2D eigenvalue weighted by atomic mass is 10.1. The van der Waals surface area contributed by atoms with Crippen LogP contribution in [0, 0.1) is 13.8 Å². The van der Waals surface area contributed by atoms with E-state index in [-0.39, 0.29) is 11.7 Å². The maximum Gasteiger partial charge on any atom is 0.255 e. The molecule has 2 aromatic rings. The zero-order valence-electron chi connectivity index (χ0n) is 10.7. The van der Waals surface area contributed by atoms with Gasteiger partial charge in [-0.1, -0.05) is 22.0 Å². The summed E-state index contributed by atoms with van der Waals surface area (Å²) in [4.78, 5) is 12.2. The second-order valence-corrected chi connectivity index (χ2v) is 5.34. The molecule has 3 nitrogen and oxygen atoms in total. The monoisotopic (exact) mass is 319 g/mol. The molecule has 0 aliphatic carbocycles. The van der Waals surface area contributed by atoms with E-state index in [0.29, 0.717) is 16.8 Å². The molecule has 2 N–H and O–H groups in total. The van der Waals surface area contributed by atoms with E-state index in [1.54, 1.807) is 31.2 Å². The first-order chi connectivity index (χ1) is 8.97. The highest BCUT2D eigenvalue weighted by molar-refractivity contribution is 9.10. The zero-order valence-corrected chi connectivity index (χ0v) is 12.3. The van der Waals surface area contributed by atoms with Gasteiger partial charge in [-0.25, -0.2) is 0 Å². The fraction of sp³-hybridized carbons (Fsp3) is 0.133. The van der Waals surface area contributed by atoms with Crippen molar-refractivity contribution >= 4 is 27.5 Å². The number of anilines is 1. The molecule has 19 heavy (non-hydrogen) atoms. The van der Waals surface area contributed by atoms with Crippen molar-refractivity contribution in [1.82, 2.24) is 0 Å². The Balaban J connectivity index is 2.28. The van der Waals surface area contributed by atoms with E-state index in [4.69, 9.17) is 0 Å². The molecule has 0 aliphatic heterocycles. The van der Waals surface area contributed by atoms with Crippen LogP contribution in [-0.4, -0.2) is 11.0 Å². The number of phenolic OH excluding ortho intramolecular Hbond substituents is 1. The van der Waals surface area contributed by atoms with Gasteiger partial charge >= 0.3 is 0 Å². The van der Waals surface area contributed by atoms with Crippen LogP contribution >= 0.6 is 15.9 Å². The minimum absolute atomic E-state index is 0.170. The molecule has 0 radical (unpaired) electrons. The Labute approximate surface area is 120 Å². The largest absolute Gasteiger partial charge is 0.508 e. The van der Waals surface area contributed by atoms with E-state index in [1.807, 2.05) is 19.1 Å². The van der Waals surface area contributed by atoms with Gasteiger partial charge in [0.25, 0.3) is 5.91 Å². The number of hydrogen-bond donors (Lipinski definition) is 2. The van der Waals surface area contributed by atoms with Crippen molar-refractivity contribution in [3.05, 3.63) is 57.6 Å². The van der Waals surface area contributed by atoms with Crippen LogP contribution in [-0.2, 0) is 0 Å². The SMILES string of the molecule is Cc1cc(Br)cc(C(=O)Nc2cccc(O)c2C)c1. The molecule has 0 aromatic heterocycles. The summed E-state index contributed by atoms with van der Waals surface area (Å²) in [6, 6.07) is 10.6. The lowest BCUT2D eigenvalue weighted by Crippen LogP contribution is -2.13. The maximum absolute atomic E-state index is 12.2. The number of phenols is 1. The molecule has 0 atom stereocenters. The van der Waals surface area contributed by atoms with Crippen LogP contribution < -0.4 is 5.32 Å². The molecular weight excluding hydrogens is 306 g/mol. The third kappa shape index (κ3) is 3.15. The first-order valence-corrected chi connectivity index (χ1v) is 6.64. The van der Waals surface area contributed by atoms with Crippen molar-refractivity contribution in [2.24, 2.45) is 0 Å². The van der Waals surface area contributed by atoms with Gasteiger partial charge in [0.05, 0.1) is 0 Å². The number of hydrogen-bond acceptors (Lipinski definition) is 2. The van der Waals surface area contributed by atoms with Crippen LogP contribution in [0.25, 0.3) is 0 Å². The predicted octanol–water partition coefficient (Wildman–Crippen LogP) is 4.02. The van der Waals surface area contributed by atoms with E-state index in [9.17, 15) is 9.90 Å². The molecule has 0 unspecified atom stereocenters. The molecule has 0 heterocycles. The highest BCUT2D eigenvalue weighted by Crippen LogP contribution is 2.24. The standard InChI is InChI=1S/C15H14BrNO2/c1-9-6-11(8-12(16)7-9)15(19)17-13-4-3-5-14(18)10(13)2/h3-8,18H,1-2H3,(H,17,19). The van der Waals surface area contributed by atoms with Gasteiger partial charge in [-0.15, -0.1) is 0 Å². The number of aryl methyl sites for hydroxylation is 1. The van der Waals surface area contributed by atoms with Gasteiger partial charge in [0.15, 0.2) is 0 Å². The van der Waals surface area contributed by atoms with Crippen LogP contribution in [0.15, 0.2) is 40.9 Å². The number of carbonyl (C=O) groups excluding carboxylic acids is 1. The van der Waals surface area contributed by atoms with Crippen molar-refractivity contribution in [3.8, 4) is 5.75 Å². The van der Waals surface area contributed by atoms with Gasteiger partial charge in [-0.3, -0.25) is 4.79 Å². The molecule has 0 saturated heterocycles.